The Kier molecular flexibility index (Phi) is 2.58. The van der Waals surface area contributed by atoms with Gasteiger partial charge in [-0.05, 0) is 24.3 Å². The summed E-state index contributed by atoms with van der Waals surface area (Å²) in [6, 6.07) is 6.26. The number of benzene rings is 1. The monoisotopic (exact) mass is 290 g/mol. The van der Waals surface area contributed by atoms with Gasteiger partial charge in [-0.25, -0.2) is 9.36 Å². The molecule has 3 rings (SSSR count). The van der Waals surface area contributed by atoms with E-state index in [1.54, 1.807) is 24.3 Å². The quantitative estimate of drug-likeness (QED) is 0.737. The van der Waals surface area contributed by atoms with Crippen LogP contribution < -0.4 is 16.7 Å². The first-order valence-electron chi connectivity index (χ1n) is 5.53. The van der Waals surface area contributed by atoms with Gasteiger partial charge in [-0.1, -0.05) is 11.6 Å². The normalized spacial score (nSPS) is 13.2. The number of hydrogen-bond donors (Lipinski definition) is 2. The number of anilines is 1. The van der Waals surface area contributed by atoms with Crippen molar-refractivity contribution in [2.45, 2.75) is 0 Å². The molecule has 0 atom stereocenters. The second-order valence-electron chi connectivity index (χ2n) is 4.10. The van der Waals surface area contributed by atoms with Gasteiger partial charge in [-0.2, -0.15) is 4.98 Å². The molecule has 8 heteroatoms. The minimum absolute atomic E-state index is 0.0930. The van der Waals surface area contributed by atoms with E-state index >= 15 is 0 Å². The van der Waals surface area contributed by atoms with Gasteiger partial charge in [0, 0.05) is 5.02 Å². The van der Waals surface area contributed by atoms with Crippen LogP contribution in [0, 0.1) is 0 Å². The topological polar surface area (TPSA) is 107 Å². The summed E-state index contributed by atoms with van der Waals surface area (Å²) in [4.78, 5) is 38.7. The summed E-state index contributed by atoms with van der Waals surface area (Å²) in [5, 5.41) is 2.53. The van der Waals surface area contributed by atoms with E-state index in [0.29, 0.717) is 10.7 Å². The molecule has 2 aromatic rings. The number of nitrogen functional groups attached to an aromatic ring is 1. The molecular weight excluding hydrogens is 284 g/mol. The van der Waals surface area contributed by atoms with Gasteiger partial charge in [0.1, 0.15) is 11.4 Å². The molecule has 0 saturated carbocycles. The van der Waals surface area contributed by atoms with E-state index in [4.69, 9.17) is 17.3 Å². The van der Waals surface area contributed by atoms with Crippen LogP contribution in [0.25, 0.3) is 5.69 Å². The SMILES string of the molecule is Nc1c2c(nc(=O)n1-c1ccc(Cl)cc1)C(=O)NC2=O. The fourth-order valence-electron chi connectivity index (χ4n) is 1.99. The maximum atomic E-state index is 12.0. The van der Waals surface area contributed by atoms with Gasteiger partial charge < -0.3 is 5.73 Å². The number of aromatic nitrogens is 2. The van der Waals surface area contributed by atoms with Crippen LogP contribution in [0.15, 0.2) is 29.1 Å². The summed E-state index contributed by atoms with van der Waals surface area (Å²) in [7, 11) is 0. The molecule has 1 aromatic carbocycles. The van der Waals surface area contributed by atoms with Crippen LogP contribution >= 0.6 is 11.6 Å². The summed E-state index contributed by atoms with van der Waals surface area (Å²) in [5.41, 5.74) is 5.15. The van der Waals surface area contributed by atoms with Crippen LogP contribution in [0.1, 0.15) is 20.8 Å². The molecule has 7 nitrogen and oxygen atoms in total. The van der Waals surface area contributed by atoms with Crippen molar-refractivity contribution < 1.29 is 9.59 Å². The molecule has 0 aliphatic carbocycles. The first-order valence-corrected chi connectivity index (χ1v) is 5.91. The number of carbonyl (C=O) groups excluding carboxylic acids is 2. The molecular formula is C12H7ClN4O3. The smallest absolute Gasteiger partial charge is 0.354 e. The molecule has 1 aliphatic heterocycles. The van der Waals surface area contributed by atoms with Gasteiger partial charge in [0.2, 0.25) is 0 Å². The van der Waals surface area contributed by atoms with Gasteiger partial charge in [-0.15, -0.1) is 0 Å². The van der Waals surface area contributed by atoms with Crippen molar-refractivity contribution in [2.75, 3.05) is 5.73 Å². The number of rotatable bonds is 1. The van der Waals surface area contributed by atoms with Gasteiger partial charge >= 0.3 is 5.69 Å². The Hall–Kier alpha value is -2.67. The van der Waals surface area contributed by atoms with Crippen molar-refractivity contribution in [1.29, 1.82) is 0 Å². The number of halogens is 1. The fourth-order valence-corrected chi connectivity index (χ4v) is 2.12. The van der Waals surface area contributed by atoms with Crippen molar-refractivity contribution in [1.82, 2.24) is 14.9 Å². The second-order valence-corrected chi connectivity index (χ2v) is 4.53. The number of nitrogens with zero attached hydrogens (tertiary/aromatic N) is 2. The highest BCUT2D eigenvalue weighted by Crippen LogP contribution is 2.21. The summed E-state index contributed by atoms with van der Waals surface area (Å²) in [6.07, 6.45) is 0. The van der Waals surface area contributed by atoms with Crippen molar-refractivity contribution >= 4 is 29.2 Å². The molecule has 0 bridgehead atoms. The Morgan fingerprint density at radius 3 is 2.40 bits per heavy atom. The number of carbonyl (C=O) groups is 2. The molecule has 0 radical (unpaired) electrons. The highest BCUT2D eigenvalue weighted by molar-refractivity contribution is 6.30. The minimum Gasteiger partial charge on any atom is -0.384 e. The Labute approximate surface area is 117 Å². The zero-order chi connectivity index (χ0) is 14.4. The van der Waals surface area contributed by atoms with Gasteiger partial charge in [0.05, 0.1) is 5.69 Å². The highest BCUT2D eigenvalue weighted by atomic mass is 35.5. The average Bonchev–Trinajstić information content (AvgIpc) is 2.67. The fraction of sp³-hybridized carbons (Fsp3) is 0. The molecule has 0 spiro atoms. The average molecular weight is 291 g/mol. The lowest BCUT2D eigenvalue weighted by Gasteiger charge is -2.10. The van der Waals surface area contributed by atoms with Crippen molar-refractivity contribution in [2.24, 2.45) is 0 Å². The summed E-state index contributed by atoms with van der Waals surface area (Å²) in [5.74, 6) is -1.53. The number of hydrogen-bond acceptors (Lipinski definition) is 5. The minimum atomic E-state index is -0.742. The molecule has 0 saturated heterocycles. The maximum absolute atomic E-state index is 12.0. The van der Waals surface area contributed by atoms with Gasteiger partial charge in [0.25, 0.3) is 11.8 Å². The van der Waals surface area contributed by atoms with Crippen molar-refractivity contribution in [3.05, 3.63) is 51.0 Å². The molecule has 20 heavy (non-hydrogen) atoms. The zero-order valence-electron chi connectivity index (χ0n) is 9.88. The van der Waals surface area contributed by atoms with Gasteiger partial charge in [0.15, 0.2) is 5.69 Å². The molecule has 0 fully saturated rings. The molecule has 2 heterocycles. The molecule has 1 aromatic heterocycles. The lowest BCUT2D eigenvalue weighted by molar-refractivity contribution is 0.0878. The number of nitrogens with two attached hydrogens (primary N) is 1. The molecule has 0 unspecified atom stereocenters. The van der Waals surface area contributed by atoms with Crippen LogP contribution in [0.3, 0.4) is 0 Å². The van der Waals surface area contributed by atoms with E-state index in [1.807, 2.05) is 5.32 Å². The first kappa shape index (κ1) is 12.4. The number of amides is 2. The second kappa shape index (κ2) is 4.17. The maximum Gasteiger partial charge on any atom is 0.354 e. The van der Waals surface area contributed by atoms with Crippen LogP contribution in [0.2, 0.25) is 5.02 Å². The van der Waals surface area contributed by atoms with E-state index in [2.05, 4.69) is 4.98 Å². The number of fused-ring (bicyclic) bond motifs is 1. The molecule has 100 valence electrons. The predicted octanol–water partition coefficient (Wildman–Crippen LogP) is 0.352. The predicted molar refractivity (Wildman–Crippen MR) is 71.1 cm³/mol. The van der Waals surface area contributed by atoms with E-state index < -0.39 is 17.5 Å². The molecule has 1 aliphatic rings. The lowest BCUT2D eigenvalue weighted by Crippen LogP contribution is -2.27. The lowest BCUT2D eigenvalue weighted by atomic mass is 10.2. The van der Waals surface area contributed by atoms with Gasteiger partial charge in [-0.3, -0.25) is 14.9 Å². The Bertz CT molecular complexity index is 811. The summed E-state index contributed by atoms with van der Waals surface area (Å²) >= 11 is 5.77. The summed E-state index contributed by atoms with van der Waals surface area (Å²) in [6.45, 7) is 0. The largest absolute Gasteiger partial charge is 0.384 e. The highest BCUT2D eigenvalue weighted by Gasteiger charge is 2.33. The van der Waals surface area contributed by atoms with Crippen molar-refractivity contribution in [3.8, 4) is 5.69 Å². The Morgan fingerprint density at radius 2 is 1.75 bits per heavy atom. The molecule has 2 amide bonds. The third-order valence-electron chi connectivity index (χ3n) is 2.89. The third kappa shape index (κ3) is 1.68. The number of nitrogens with one attached hydrogen (secondary N) is 1. The summed E-state index contributed by atoms with van der Waals surface area (Å²) < 4.78 is 1.05. The van der Waals surface area contributed by atoms with E-state index in [9.17, 15) is 14.4 Å². The van der Waals surface area contributed by atoms with E-state index in [1.165, 1.54) is 0 Å². The Morgan fingerprint density at radius 1 is 1.10 bits per heavy atom. The van der Waals surface area contributed by atoms with Crippen LogP contribution in [-0.4, -0.2) is 21.4 Å². The standard InChI is InChI=1S/C12H7ClN4O3/c13-5-1-3-6(4-2-5)17-9(14)7-8(15-12(17)20)11(19)16-10(7)18/h1-4H,14H2,(H,16,18,19). The van der Waals surface area contributed by atoms with E-state index in [-0.39, 0.29) is 17.1 Å². The van der Waals surface area contributed by atoms with Crippen molar-refractivity contribution in [3.63, 3.8) is 0 Å². The van der Waals surface area contributed by atoms with Crippen LogP contribution in [0.4, 0.5) is 5.82 Å². The molecule has 3 N–H and O–H groups in total. The first-order chi connectivity index (χ1) is 9.49. The zero-order valence-corrected chi connectivity index (χ0v) is 10.6. The van der Waals surface area contributed by atoms with Crippen LogP contribution in [-0.2, 0) is 0 Å². The third-order valence-corrected chi connectivity index (χ3v) is 3.14. The number of imide groups is 1. The van der Waals surface area contributed by atoms with E-state index in [0.717, 1.165) is 4.57 Å². The van der Waals surface area contributed by atoms with Crippen LogP contribution in [0.5, 0.6) is 0 Å². The Balaban J connectivity index is 2.31.